The molecule has 1 aromatic heterocycles. The number of nitrogens with two attached hydrogens (primary N) is 1. The summed E-state index contributed by atoms with van der Waals surface area (Å²) >= 11 is 0. The SMILES string of the molecule is CCN.Cc1ccc2c(c1)C(=O)c1cc3[nH]c4ccc(C)cc4c(=O)c3cc1C2. The lowest BCUT2D eigenvalue weighted by Gasteiger charge is -2.19. The van der Waals surface area contributed by atoms with Crippen LogP contribution in [0.5, 0.6) is 0 Å². The van der Waals surface area contributed by atoms with E-state index < -0.39 is 0 Å². The average Bonchev–Trinajstić information content (AvgIpc) is 2.70. The third-order valence-electron chi connectivity index (χ3n) is 5.31. The number of carbonyl (C=O) groups excluding carboxylic acids is 1. The fourth-order valence-electron chi connectivity index (χ4n) is 3.94. The molecule has 0 aliphatic heterocycles. The number of fused-ring (bicyclic) bond motifs is 4. The highest BCUT2D eigenvalue weighted by Crippen LogP contribution is 2.30. The van der Waals surface area contributed by atoms with E-state index in [1.165, 1.54) is 0 Å². The van der Waals surface area contributed by atoms with Gasteiger partial charge in [-0.2, -0.15) is 0 Å². The number of carbonyl (C=O) groups is 1. The van der Waals surface area contributed by atoms with Crippen molar-refractivity contribution in [3.8, 4) is 0 Å². The number of rotatable bonds is 0. The Morgan fingerprint density at radius 3 is 2.21 bits per heavy atom. The molecular weight excluding hydrogens is 360 g/mol. The molecule has 0 radical (unpaired) electrons. The van der Waals surface area contributed by atoms with E-state index in [1.807, 2.05) is 69.3 Å². The molecule has 1 heterocycles. The van der Waals surface area contributed by atoms with Crippen LogP contribution in [0.1, 0.15) is 45.1 Å². The zero-order valence-electron chi connectivity index (χ0n) is 16.9. The monoisotopic (exact) mass is 384 g/mol. The molecule has 0 saturated heterocycles. The van der Waals surface area contributed by atoms with E-state index in [2.05, 4.69) is 4.98 Å². The van der Waals surface area contributed by atoms with Crippen LogP contribution in [-0.4, -0.2) is 17.3 Å². The van der Waals surface area contributed by atoms with Crippen molar-refractivity contribution in [1.29, 1.82) is 0 Å². The van der Waals surface area contributed by atoms with Crippen molar-refractivity contribution in [1.82, 2.24) is 4.98 Å². The van der Waals surface area contributed by atoms with E-state index in [1.54, 1.807) is 0 Å². The van der Waals surface area contributed by atoms with Crippen LogP contribution in [-0.2, 0) is 6.42 Å². The molecule has 29 heavy (non-hydrogen) atoms. The van der Waals surface area contributed by atoms with Gasteiger partial charge in [0.05, 0.1) is 5.52 Å². The summed E-state index contributed by atoms with van der Waals surface area (Å²) in [5.74, 6) is 0.0386. The first-order valence-electron chi connectivity index (χ1n) is 9.86. The summed E-state index contributed by atoms with van der Waals surface area (Å²) in [7, 11) is 0. The molecule has 4 aromatic rings. The Morgan fingerprint density at radius 1 is 0.828 bits per heavy atom. The third kappa shape index (κ3) is 3.26. The molecule has 1 aliphatic carbocycles. The van der Waals surface area contributed by atoms with E-state index in [0.717, 1.165) is 45.4 Å². The van der Waals surface area contributed by atoms with E-state index >= 15 is 0 Å². The van der Waals surface area contributed by atoms with Gasteiger partial charge in [-0.05, 0) is 68.3 Å². The van der Waals surface area contributed by atoms with Crippen molar-refractivity contribution in [2.75, 3.05) is 6.54 Å². The summed E-state index contributed by atoms with van der Waals surface area (Å²) in [5, 5.41) is 1.33. The van der Waals surface area contributed by atoms with Crippen LogP contribution >= 0.6 is 0 Å². The quantitative estimate of drug-likeness (QED) is 0.389. The van der Waals surface area contributed by atoms with Gasteiger partial charge in [-0.15, -0.1) is 0 Å². The minimum atomic E-state index is 0.0161. The second kappa shape index (κ2) is 7.30. The number of hydrogen-bond donors (Lipinski definition) is 2. The Labute approximate surface area is 169 Å². The first-order chi connectivity index (χ1) is 13.9. The van der Waals surface area contributed by atoms with Gasteiger partial charge in [0, 0.05) is 27.4 Å². The Kier molecular flexibility index (Phi) is 4.81. The van der Waals surface area contributed by atoms with Gasteiger partial charge in [-0.25, -0.2) is 0 Å². The minimum Gasteiger partial charge on any atom is -0.354 e. The number of hydrogen-bond acceptors (Lipinski definition) is 3. The van der Waals surface area contributed by atoms with E-state index in [-0.39, 0.29) is 11.2 Å². The maximum atomic E-state index is 13.0. The van der Waals surface area contributed by atoms with Crippen LogP contribution < -0.4 is 11.2 Å². The summed E-state index contributed by atoms with van der Waals surface area (Å²) in [4.78, 5) is 29.3. The summed E-state index contributed by atoms with van der Waals surface area (Å²) in [6.07, 6.45) is 0.678. The van der Waals surface area contributed by atoms with Crippen molar-refractivity contribution in [2.45, 2.75) is 27.2 Å². The number of aromatic amines is 1. The lowest BCUT2D eigenvalue weighted by atomic mass is 9.83. The number of H-pyrrole nitrogens is 1. The molecular formula is C25H24N2O2. The van der Waals surface area contributed by atoms with Crippen molar-refractivity contribution < 1.29 is 4.79 Å². The van der Waals surface area contributed by atoms with Gasteiger partial charge in [0.15, 0.2) is 11.2 Å². The Hall–Kier alpha value is -3.24. The minimum absolute atomic E-state index is 0.0161. The molecule has 0 fully saturated rings. The molecule has 1 aliphatic rings. The Morgan fingerprint density at radius 2 is 1.45 bits per heavy atom. The first kappa shape index (κ1) is 19.1. The smallest absolute Gasteiger partial charge is 0.197 e. The Bertz CT molecular complexity index is 1330. The molecule has 0 unspecified atom stereocenters. The number of nitrogens with one attached hydrogen (secondary N) is 1. The van der Waals surface area contributed by atoms with Crippen molar-refractivity contribution in [2.24, 2.45) is 5.73 Å². The molecule has 4 nitrogen and oxygen atoms in total. The lowest BCUT2D eigenvalue weighted by Crippen LogP contribution is -2.16. The zero-order chi connectivity index (χ0) is 20.7. The standard InChI is InChI=1S/C23H17NO2.C2H7N/c1-12-3-5-14-9-15-10-19-21(11-17(15)22(25)16(14)7-12)24-20-6-4-13(2)8-18(20)23(19)26;1-2-3/h3-8,10-11H,9H2,1-2H3,(H,24,26);2-3H2,1H3. The summed E-state index contributed by atoms with van der Waals surface area (Å²) in [5.41, 5.74) is 11.9. The predicted octanol–water partition coefficient (Wildman–Crippen LogP) is 4.40. The van der Waals surface area contributed by atoms with E-state index in [9.17, 15) is 9.59 Å². The molecule has 3 aromatic carbocycles. The summed E-state index contributed by atoms with van der Waals surface area (Å²) < 4.78 is 0. The van der Waals surface area contributed by atoms with Crippen molar-refractivity contribution in [3.63, 3.8) is 0 Å². The largest absolute Gasteiger partial charge is 0.354 e. The second-order valence-electron chi connectivity index (χ2n) is 7.63. The third-order valence-corrected chi connectivity index (χ3v) is 5.31. The number of benzene rings is 3. The van der Waals surface area contributed by atoms with Crippen molar-refractivity contribution >= 4 is 27.6 Å². The van der Waals surface area contributed by atoms with E-state index in [0.29, 0.717) is 22.8 Å². The molecule has 4 heteroatoms. The van der Waals surface area contributed by atoms with Crippen LogP contribution in [0, 0.1) is 13.8 Å². The highest BCUT2D eigenvalue weighted by molar-refractivity contribution is 6.14. The maximum Gasteiger partial charge on any atom is 0.197 e. The highest BCUT2D eigenvalue weighted by atomic mass is 16.1. The molecule has 0 amide bonds. The molecule has 0 bridgehead atoms. The van der Waals surface area contributed by atoms with Crippen LogP contribution in [0.25, 0.3) is 21.8 Å². The first-order valence-corrected chi connectivity index (χ1v) is 9.86. The predicted molar refractivity (Wildman–Crippen MR) is 119 cm³/mol. The van der Waals surface area contributed by atoms with Gasteiger partial charge in [0.1, 0.15) is 0 Å². The number of aromatic nitrogens is 1. The number of ketones is 1. The molecule has 5 rings (SSSR count). The van der Waals surface area contributed by atoms with Gasteiger partial charge >= 0.3 is 0 Å². The fourth-order valence-corrected chi connectivity index (χ4v) is 3.94. The van der Waals surface area contributed by atoms with Crippen LogP contribution in [0.2, 0.25) is 0 Å². The van der Waals surface area contributed by atoms with Crippen molar-refractivity contribution in [3.05, 3.63) is 92.1 Å². The second-order valence-corrected chi connectivity index (χ2v) is 7.63. The zero-order valence-corrected chi connectivity index (χ0v) is 16.9. The number of pyridine rings is 1. The lowest BCUT2D eigenvalue weighted by molar-refractivity contribution is 0.103. The molecule has 0 saturated carbocycles. The van der Waals surface area contributed by atoms with Crippen LogP contribution in [0.4, 0.5) is 0 Å². The number of aryl methyl sites for hydroxylation is 2. The average molecular weight is 384 g/mol. The van der Waals surface area contributed by atoms with E-state index in [4.69, 9.17) is 5.73 Å². The maximum absolute atomic E-state index is 13.0. The van der Waals surface area contributed by atoms with Crippen LogP contribution in [0.3, 0.4) is 0 Å². The van der Waals surface area contributed by atoms with Gasteiger partial charge in [0.25, 0.3) is 0 Å². The highest BCUT2D eigenvalue weighted by Gasteiger charge is 2.24. The molecule has 0 spiro atoms. The van der Waals surface area contributed by atoms with Crippen LogP contribution in [0.15, 0.2) is 53.3 Å². The van der Waals surface area contributed by atoms with Gasteiger partial charge < -0.3 is 10.7 Å². The molecule has 146 valence electrons. The topological polar surface area (TPSA) is 76.0 Å². The molecule has 3 N–H and O–H groups in total. The summed E-state index contributed by atoms with van der Waals surface area (Å²) in [6, 6.07) is 15.6. The fraction of sp³-hybridized carbons (Fsp3) is 0.200. The molecule has 0 atom stereocenters. The van der Waals surface area contributed by atoms with Gasteiger partial charge in [0.2, 0.25) is 0 Å². The van der Waals surface area contributed by atoms with Gasteiger partial charge in [-0.1, -0.05) is 36.2 Å². The normalized spacial score (nSPS) is 12.3. The Balaban J connectivity index is 0.000000645. The van der Waals surface area contributed by atoms with Gasteiger partial charge in [-0.3, -0.25) is 9.59 Å². The summed E-state index contributed by atoms with van der Waals surface area (Å²) in [6.45, 7) is 6.63.